The molecule has 2 fully saturated rings. The third-order valence-electron chi connectivity index (χ3n) is 6.24. The van der Waals surface area contributed by atoms with Crippen molar-refractivity contribution in [3.63, 3.8) is 0 Å². The van der Waals surface area contributed by atoms with Crippen LogP contribution in [0.2, 0.25) is 0 Å². The number of hydrogen-bond donors (Lipinski definition) is 0. The van der Waals surface area contributed by atoms with Crippen LogP contribution in [0.15, 0.2) is 48.6 Å². The van der Waals surface area contributed by atoms with Crippen LogP contribution in [0, 0.1) is 34.5 Å². The number of nitrogens with zero attached hydrogens (tertiary/aromatic N) is 2. The molecule has 0 aromatic heterocycles. The van der Waals surface area contributed by atoms with Gasteiger partial charge in [-0.25, -0.2) is 0 Å². The Morgan fingerprint density at radius 1 is 0.931 bits per heavy atom. The highest BCUT2D eigenvalue weighted by atomic mass is 16.5. The Bertz CT molecular complexity index is 810. The van der Waals surface area contributed by atoms with Gasteiger partial charge in [-0.2, -0.15) is 10.5 Å². The quantitative estimate of drug-likeness (QED) is 0.375. The second kappa shape index (κ2) is 10.6. The van der Waals surface area contributed by atoms with Crippen LogP contribution in [0.3, 0.4) is 0 Å². The summed E-state index contributed by atoms with van der Waals surface area (Å²) >= 11 is 0. The van der Waals surface area contributed by atoms with Crippen molar-refractivity contribution >= 4 is 5.97 Å². The van der Waals surface area contributed by atoms with Crippen LogP contribution in [0.1, 0.15) is 68.4 Å². The average Bonchev–Trinajstić information content (AvgIpc) is 2.78. The van der Waals surface area contributed by atoms with Crippen LogP contribution in [0.25, 0.3) is 0 Å². The summed E-state index contributed by atoms with van der Waals surface area (Å²) in [4.78, 5) is 12.6. The van der Waals surface area contributed by atoms with E-state index >= 15 is 0 Å². The predicted molar refractivity (Wildman–Crippen MR) is 112 cm³/mol. The topological polar surface area (TPSA) is 73.9 Å². The third-order valence-corrected chi connectivity index (χ3v) is 6.24. The van der Waals surface area contributed by atoms with Crippen LogP contribution >= 0.6 is 0 Å². The van der Waals surface area contributed by atoms with E-state index < -0.39 is 0 Å². The Morgan fingerprint density at radius 3 is 2.24 bits per heavy atom. The summed E-state index contributed by atoms with van der Waals surface area (Å²) in [6.07, 6.45) is 15.0. The van der Waals surface area contributed by atoms with Gasteiger partial charge in [0.05, 0.1) is 23.6 Å². The van der Waals surface area contributed by atoms with Gasteiger partial charge in [-0.1, -0.05) is 30.4 Å². The van der Waals surface area contributed by atoms with Gasteiger partial charge in [0.25, 0.3) is 0 Å². The molecule has 4 nitrogen and oxygen atoms in total. The van der Waals surface area contributed by atoms with E-state index in [2.05, 4.69) is 12.1 Å². The number of carbonyl (C=O) groups is 1. The molecule has 0 saturated heterocycles. The molecule has 4 heteroatoms. The maximum Gasteiger partial charge on any atom is 0.309 e. The molecule has 0 atom stereocenters. The number of hydrogen-bond acceptors (Lipinski definition) is 4. The van der Waals surface area contributed by atoms with Crippen LogP contribution in [0.4, 0.5) is 0 Å². The fourth-order valence-electron chi connectivity index (χ4n) is 4.47. The summed E-state index contributed by atoms with van der Waals surface area (Å²) in [6.45, 7) is 0. The Balaban J connectivity index is 1.40. The lowest BCUT2D eigenvalue weighted by atomic mass is 9.78. The summed E-state index contributed by atoms with van der Waals surface area (Å²) in [5, 5.41) is 17.4. The molecule has 2 aliphatic carbocycles. The first-order valence-corrected chi connectivity index (χ1v) is 10.6. The first-order valence-electron chi connectivity index (χ1n) is 10.6. The summed E-state index contributed by atoms with van der Waals surface area (Å²) in [5.41, 5.74) is 1.96. The second-order valence-electron chi connectivity index (χ2n) is 8.13. The van der Waals surface area contributed by atoms with E-state index in [1.54, 1.807) is 6.08 Å². The summed E-state index contributed by atoms with van der Waals surface area (Å²) in [7, 11) is 0. The zero-order chi connectivity index (χ0) is 20.5. The molecule has 0 amide bonds. The van der Waals surface area contributed by atoms with Gasteiger partial charge in [0, 0.05) is 6.08 Å². The van der Waals surface area contributed by atoms with Gasteiger partial charge < -0.3 is 4.74 Å². The van der Waals surface area contributed by atoms with Gasteiger partial charge in [-0.3, -0.25) is 4.79 Å². The number of benzene rings is 1. The molecule has 0 unspecified atom stereocenters. The summed E-state index contributed by atoms with van der Waals surface area (Å²) in [6, 6.07) is 12.0. The lowest BCUT2D eigenvalue weighted by molar-refractivity contribution is -0.157. The highest BCUT2D eigenvalue weighted by Gasteiger charge is 2.30. The molecule has 1 aromatic rings. The molecule has 29 heavy (non-hydrogen) atoms. The molecule has 0 bridgehead atoms. The van der Waals surface area contributed by atoms with Crippen LogP contribution in [-0.4, -0.2) is 12.1 Å². The summed E-state index contributed by atoms with van der Waals surface area (Å²) < 4.78 is 5.84. The lowest BCUT2D eigenvalue weighted by Gasteiger charge is -2.31. The molecular weight excluding hydrogens is 360 g/mol. The molecule has 0 heterocycles. The maximum atomic E-state index is 12.6. The van der Waals surface area contributed by atoms with Crippen molar-refractivity contribution in [1.82, 2.24) is 0 Å². The number of ether oxygens (including phenoxy) is 1. The van der Waals surface area contributed by atoms with Crippen molar-refractivity contribution in [3.8, 4) is 12.1 Å². The van der Waals surface area contributed by atoms with E-state index in [-0.39, 0.29) is 18.0 Å². The second-order valence-corrected chi connectivity index (χ2v) is 8.13. The zero-order valence-electron chi connectivity index (χ0n) is 16.8. The number of nitriles is 2. The van der Waals surface area contributed by atoms with Gasteiger partial charge in [-0.05, 0) is 80.9 Å². The van der Waals surface area contributed by atoms with E-state index in [1.165, 1.54) is 11.6 Å². The highest BCUT2D eigenvalue weighted by Crippen LogP contribution is 2.37. The number of rotatable bonds is 5. The van der Waals surface area contributed by atoms with E-state index in [1.807, 2.05) is 36.4 Å². The van der Waals surface area contributed by atoms with Gasteiger partial charge in [0.1, 0.15) is 6.10 Å². The first kappa shape index (κ1) is 20.9. The van der Waals surface area contributed by atoms with Crippen molar-refractivity contribution in [2.45, 2.75) is 63.4 Å². The van der Waals surface area contributed by atoms with Crippen molar-refractivity contribution in [1.29, 1.82) is 10.5 Å². The third kappa shape index (κ3) is 6.06. The van der Waals surface area contributed by atoms with E-state index in [0.29, 0.717) is 17.4 Å². The molecule has 1 aromatic carbocycles. The Labute approximate surface area is 173 Å². The van der Waals surface area contributed by atoms with Crippen LogP contribution in [-0.2, 0) is 9.53 Å². The van der Waals surface area contributed by atoms with Crippen LogP contribution < -0.4 is 0 Å². The zero-order valence-corrected chi connectivity index (χ0v) is 16.8. The molecule has 0 aliphatic heterocycles. The maximum absolute atomic E-state index is 12.6. The van der Waals surface area contributed by atoms with Crippen LogP contribution in [0.5, 0.6) is 0 Å². The highest BCUT2D eigenvalue weighted by molar-refractivity contribution is 5.72. The van der Waals surface area contributed by atoms with Crippen molar-refractivity contribution < 1.29 is 9.53 Å². The number of esters is 1. The standard InChI is InChI=1S/C25H28N2O2/c26-17-3-1-2-4-19-7-15-24(16-8-19)29-25(28)23-13-11-22(12-14-23)21-9-5-20(18-27)6-10-21/h1-6,9-10,19,22-24H,7-8,11-16H2/t19-,22-,23-,24-. The molecule has 0 radical (unpaired) electrons. The van der Waals surface area contributed by atoms with E-state index in [4.69, 9.17) is 15.3 Å². The van der Waals surface area contributed by atoms with Gasteiger partial charge in [-0.15, -0.1) is 0 Å². The molecule has 150 valence electrons. The molecule has 2 aliphatic rings. The van der Waals surface area contributed by atoms with Crippen molar-refractivity contribution in [2.75, 3.05) is 0 Å². The Morgan fingerprint density at radius 2 is 1.62 bits per heavy atom. The fourth-order valence-corrected chi connectivity index (χ4v) is 4.47. The molecule has 0 N–H and O–H groups in total. The Hall–Kier alpha value is -2.85. The minimum atomic E-state index is -0.0146. The predicted octanol–water partition coefficient (Wildman–Crippen LogP) is 5.57. The molecular formula is C25H28N2O2. The normalized spacial score (nSPS) is 27.4. The Kier molecular flexibility index (Phi) is 7.65. The molecule has 2 saturated carbocycles. The van der Waals surface area contributed by atoms with Crippen molar-refractivity contribution in [3.05, 3.63) is 59.7 Å². The van der Waals surface area contributed by atoms with Gasteiger partial charge >= 0.3 is 5.97 Å². The van der Waals surface area contributed by atoms with Crippen molar-refractivity contribution in [2.24, 2.45) is 11.8 Å². The number of carbonyl (C=O) groups excluding carboxylic acids is 1. The van der Waals surface area contributed by atoms with E-state index in [9.17, 15) is 4.79 Å². The largest absolute Gasteiger partial charge is 0.462 e. The minimum Gasteiger partial charge on any atom is -0.462 e. The minimum absolute atomic E-state index is 0.0146. The first-order chi connectivity index (χ1) is 14.2. The van der Waals surface area contributed by atoms with Gasteiger partial charge in [0.2, 0.25) is 0 Å². The fraction of sp³-hybridized carbons (Fsp3) is 0.480. The summed E-state index contributed by atoms with van der Waals surface area (Å²) in [5.74, 6) is 0.998. The number of allylic oxidation sites excluding steroid dienone is 4. The SMILES string of the molecule is N#CC=CC=C[C@H]1CC[C@H](OC(=O)[C@H]2CC[C@H](c3ccc(C#N)cc3)CC2)CC1. The van der Waals surface area contributed by atoms with Gasteiger partial charge in [0.15, 0.2) is 0 Å². The monoisotopic (exact) mass is 388 g/mol. The van der Waals surface area contributed by atoms with E-state index in [0.717, 1.165) is 51.4 Å². The lowest BCUT2D eigenvalue weighted by Crippen LogP contribution is -2.29. The molecule has 0 spiro atoms. The molecule has 3 rings (SSSR count). The average molecular weight is 389 g/mol. The smallest absolute Gasteiger partial charge is 0.309 e.